The largest absolute Gasteiger partial charge is 0.381 e. The first-order valence-corrected chi connectivity index (χ1v) is 7.29. The number of nitrogens with one attached hydrogen (secondary N) is 1. The summed E-state index contributed by atoms with van der Waals surface area (Å²) in [5.41, 5.74) is 2.94. The zero-order valence-electron chi connectivity index (χ0n) is 12.1. The van der Waals surface area contributed by atoms with Crippen molar-refractivity contribution >= 4 is 11.4 Å². The summed E-state index contributed by atoms with van der Waals surface area (Å²) < 4.78 is 0. The quantitative estimate of drug-likeness (QED) is 0.680. The Morgan fingerprint density at radius 2 is 1.95 bits per heavy atom. The van der Waals surface area contributed by atoms with Crippen LogP contribution in [-0.2, 0) is 0 Å². The van der Waals surface area contributed by atoms with Crippen molar-refractivity contribution in [2.45, 2.75) is 32.7 Å². The second kappa shape index (κ2) is 5.05. The van der Waals surface area contributed by atoms with Crippen molar-refractivity contribution < 1.29 is 4.92 Å². The second-order valence-corrected chi connectivity index (χ2v) is 6.10. The highest BCUT2D eigenvalue weighted by atomic mass is 16.6. The Bertz CT molecular complexity index is 536. The zero-order chi connectivity index (χ0) is 14.3. The van der Waals surface area contributed by atoms with Crippen LogP contribution >= 0.6 is 0 Å². The lowest BCUT2D eigenvalue weighted by Crippen LogP contribution is -2.53. The molecule has 3 aliphatic rings. The molecule has 3 fully saturated rings. The summed E-state index contributed by atoms with van der Waals surface area (Å²) in [5.74, 6) is 0.745. The predicted molar refractivity (Wildman–Crippen MR) is 79.1 cm³/mol. The lowest BCUT2D eigenvalue weighted by molar-refractivity contribution is -0.385. The molecule has 2 bridgehead atoms. The van der Waals surface area contributed by atoms with Crippen LogP contribution in [0.3, 0.4) is 0 Å². The van der Waals surface area contributed by atoms with Crippen molar-refractivity contribution in [1.82, 2.24) is 4.90 Å². The number of fused-ring (bicyclic) bond motifs is 3. The topological polar surface area (TPSA) is 58.4 Å². The average molecular weight is 275 g/mol. The highest BCUT2D eigenvalue weighted by Gasteiger charge is 2.34. The fraction of sp³-hybridized carbons (Fsp3) is 0.600. The maximum atomic E-state index is 11.0. The fourth-order valence-electron chi connectivity index (χ4n) is 3.48. The Hall–Kier alpha value is -1.62. The molecule has 3 saturated heterocycles. The summed E-state index contributed by atoms with van der Waals surface area (Å²) in [6.07, 6.45) is 2.53. The van der Waals surface area contributed by atoms with Crippen LogP contribution in [0.5, 0.6) is 0 Å². The van der Waals surface area contributed by atoms with Gasteiger partial charge in [-0.25, -0.2) is 0 Å². The molecule has 5 heteroatoms. The van der Waals surface area contributed by atoms with E-state index in [2.05, 4.69) is 10.2 Å². The first-order valence-electron chi connectivity index (χ1n) is 7.29. The molecule has 108 valence electrons. The molecule has 20 heavy (non-hydrogen) atoms. The lowest BCUT2D eigenvalue weighted by atomic mass is 9.84. The van der Waals surface area contributed by atoms with E-state index in [1.165, 1.54) is 25.9 Å². The van der Waals surface area contributed by atoms with Gasteiger partial charge in [-0.15, -0.1) is 0 Å². The molecule has 4 rings (SSSR count). The van der Waals surface area contributed by atoms with Gasteiger partial charge in [-0.05, 0) is 57.3 Å². The zero-order valence-corrected chi connectivity index (χ0v) is 12.1. The summed E-state index contributed by atoms with van der Waals surface area (Å²) >= 11 is 0. The van der Waals surface area contributed by atoms with Gasteiger partial charge in [0.2, 0.25) is 0 Å². The van der Waals surface area contributed by atoms with E-state index in [1.54, 1.807) is 13.0 Å². The van der Waals surface area contributed by atoms with E-state index < -0.39 is 0 Å². The van der Waals surface area contributed by atoms with Crippen LogP contribution < -0.4 is 5.32 Å². The fourth-order valence-corrected chi connectivity index (χ4v) is 3.48. The molecule has 0 amide bonds. The molecule has 0 saturated carbocycles. The van der Waals surface area contributed by atoms with Gasteiger partial charge in [0.15, 0.2) is 0 Å². The molecule has 1 unspecified atom stereocenters. The average Bonchev–Trinajstić information content (AvgIpc) is 2.43. The number of nitro benzene ring substituents is 1. The van der Waals surface area contributed by atoms with Gasteiger partial charge < -0.3 is 10.2 Å². The minimum absolute atomic E-state index is 0.210. The highest BCUT2D eigenvalue weighted by molar-refractivity contribution is 5.59. The third-order valence-corrected chi connectivity index (χ3v) is 4.74. The third-order valence-electron chi connectivity index (χ3n) is 4.74. The van der Waals surface area contributed by atoms with Gasteiger partial charge in [-0.3, -0.25) is 10.1 Å². The Labute approximate surface area is 119 Å². The molecule has 0 aliphatic carbocycles. The number of anilines is 1. The molecule has 0 spiro atoms. The van der Waals surface area contributed by atoms with Gasteiger partial charge in [0.05, 0.1) is 4.92 Å². The van der Waals surface area contributed by atoms with Gasteiger partial charge in [0, 0.05) is 29.9 Å². The second-order valence-electron chi connectivity index (χ2n) is 6.10. The Morgan fingerprint density at radius 1 is 1.25 bits per heavy atom. The summed E-state index contributed by atoms with van der Waals surface area (Å²) in [6, 6.07) is 4.08. The van der Waals surface area contributed by atoms with Gasteiger partial charge >= 0.3 is 0 Å². The number of benzene rings is 1. The molecule has 1 aromatic carbocycles. The van der Waals surface area contributed by atoms with Crippen LogP contribution in [-0.4, -0.2) is 35.5 Å². The molecule has 0 radical (unpaired) electrons. The summed E-state index contributed by atoms with van der Waals surface area (Å²) in [7, 11) is 0. The molecular formula is C15H21N3O2. The van der Waals surface area contributed by atoms with E-state index in [9.17, 15) is 10.1 Å². The summed E-state index contributed by atoms with van der Waals surface area (Å²) in [5, 5.41) is 14.6. The van der Waals surface area contributed by atoms with E-state index >= 15 is 0 Å². The van der Waals surface area contributed by atoms with Crippen LogP contribution in [0.2, 0.25) is 0 Å². The molecular weight excluding hydrogens is 254 g/mol. The number of nitro groups is 1. The number of piperidine rings is 3. The summed E-state index contributed by atoms with van der Waals surface area (Å²) in [6.45, 7) is 7.29. The van der Waals surface area contributed by atoms with Crippen LogP contribution in [0.15, 0.2) is 12.1 Å². The van der Waals surface area contributed by atoms with Crippen LogP contribution in [0.4, 0.5) is 11.4 Å². The molecule has 1 N–H and O–H groups in total. The SMILES string of the molecule is Cc1cc([N+](=O)[O-])c(C)cc1NC1CN2CCC1CC2. The maximum absolute atomic E-state index is 11.0. The number of rotatable bonds is 3. The Balaban J connectivity index is 1.81. The molecule has 5 nitrogen and oxygen atoms in total. The predicted octanol–water partition coefficient (Wildman–Crippen LogP) is 2.72. The van der Waals surface area contributed by atoms with Crippen molar-refractivity contribution in [3.8, 4) is 0 Å². The maximum Gasteiger partial charge on any atom is 0.272 e. The Morgan fingerprint density at radius 3 is 2.50 bits per heavy atom. The minimum atomic E-state index is -0.305. The molecule has 1 atom stereocenters. The molecule has 3 heterocycles. The normalized spacial score (nSPS) is 28.4. The van der Waals surface area contributed by atoms with Crippen molar-refractivity contribution in [2.75, 3.05) is 25.0 Å². The number of nitrogens with zero attached hydrogens (tertiary/aromatic N) is 2. The van der Waals surface area contributed by atoms with Crippen molar-refractivity contribution in [2.24, 2.45) is 5.92 Å². The molecule has 0 aromatic heterocycles. The smallest absolute Gasteiger partial charge is 0.272 e. The molecule has 1 aromatic rings. The number of hydrogen-bond acceptors (Lipinski definition) is 4. The van der Waals surface area contributed by atoms with Crippen LogP contribution in [0.1, 0.15) is 24.0 Å². The van der Waals surface area contributed by atoms with Crippen molar-refractivity contribution in [3.63, 3.8) is 0 Å². The minimum Gasteiger partial charge on any atom is -0.381 e. The number of aryl methyl sites for hydroxylation is 2. The van der Waals surface area contributed by atoms with Gasteiger partial charge in [-0.1, -0.05) is 0 Å². The highest BCUT2D eigenvalue weighted by Crippen LogP contribution is 2.32. The monoisotopic (exact) mass is 275 g/mol. The van der Waals surface area contributed by atoms with E-state index in [0.717, 1.165) is 29.3 Å². The first-order chi connectivity index (χ1) is 9.54. The van der Waals surface area contributed by atoms with Crippen LogP contribution in [0, 0.1) is 29.9 Å². The van der Waals surface area contributed by atoms with Crippen LogP contribution in [0.25, 0.3) is 0 Å². The standard InChI is InChI=1S/C15H21N3O2/c1-10-8-15(18(19)20)11(2)7-13(10)16-14-9-17-5-3-12(14)4-6-17/h7-8,12,14,16H,3-6,9H2,1-2H3. The van der Waals surface area contributed by atoms with E-state index in [1.807, 2.05) is 13.0 Å². The molecule has 3 aliphatic heterocycles. The summed E-state index contributed by atoms with van der Waals surface area (Å²) in [4.78, 5) is 13.2. The third kappa shape index (κ3) is 2.38. The first kappa shape index (κ1) is 13.4. The van der Waals surface area contributed by atoms with E-state index in [-0.39, 0.29) is 10.6 Å². The van der Waals surface area contributed by atoms with E-state index in [4.69, 9.17) is 0 Å². The van der Waals surface area contributed by atoms with Gasteiger partial charge in [0.1, 0.15) is 0 Å². The van der Waals surface area contributed by atoms with Crippen molar-refractivity contribution in [1.29, 1.82) is 0 Å². The Kier molecular flexibility index (Phi) is 3.38. The van der Waals surface area contributed by atoms with Gasteiger partial charge in [-0.2, -0.15) is 0 Å². The number of hydrogen-bond donors (Lipinski definition) is 1. The van der Waals surface area contributed by atoms with E-state index in [0.29, 0.717) is 6.04 Å². The van der Waals surface area contributed by atoms with Crippen molar-refractivity contribution in [3.05, 3.63) is 33.4 Å². The lowest BCUT2D eigenvalue weighted by Gasteiger charge is -2.45. The van der Waals surface area contributed by atoms with Gasteiger partial charge in [0.25, 0.3) is 5.69 Å².